The Morgan fingerprint density at radius 2 is 2.07 bits per heavy atom. The van der Waals surface area contributed by atoms with Gasteiger partial charge in [-0.3, -0.25) is 0 Å². The second-order valence-corrected chi connectivity index (χ2v) is 4.12. The molecule has 0 heterocycles. The van der Waals surface area contributed by atoms with Crippen molar-refractivity contribution in [1.82, 2.24) is 5.32 Å². The lowest BCUT2D eigenvalue weighted by molar-refractivity contribution is -0.132. The molecule has 1 rings (SSSR count). The molecule has 3 N–H and O–H groups in total. The first-order valence-corrected chi connectivity index (χ1v) is 5.40. The number of hydrogen-bond acceptors (Lipinski definition) is 3. The molecule has 0 aromatic rings. The van der Waals surface area contributed by atoms with Gasteiger partial charge in [0.05, 0.1) is 0 Å². The van der Waals surface area contributed by atoms with E-state index in [1.807, 2.05) is 0 Å². The maximum atomic E-state index is 10.5. The summed E-state index contributed by atoms with van der Waals surface area (Å²) in [6.07, 6.45) is 4.34. The Labute approximate surface area is 90.0 Å². The first-order chi connectivity index (χ1) is 7.15. The van der Waals surface area contributed by atoms with Gasteiger partial charge in [0.1, 0.15) is 0 Å². The van der Waals surface area contributed by atoms with E-state index in [2.05, 4.69) is 11.9 Å². The quantitative estimate of drug-likeness (QED) is 0.590. The van der Waals surface area contributed by atoms with Gasteiger partial charge in [-0.15, -0.1) is 0 Å². The van der Waals surface area contributed by atoms with Gasteiger partial charge in [0, 0.05) is 24.8 Å². The van der Waals surface area contributed by atoms with Crippen molar-refractivity contribution in [3.8, 4) is 0 Å². The number of rotatable bonds is 5. The molecule has 0 bridgehead atoms. The van der Waals surface area contributed by atoms with Crippen LogP contribution in [0, 0.1) is 5.92 Å². The van der Waals surface area contributed by atoms with E-state index in [0.29, 0.717) is 6.54 Å². The predicted octanol–water partition coefficient (Wildman–Crippen LogP) is 0.768. The van der Waals surface area contributed by atoms with Crippen LogP contribution in [0.5, 0.6) is 0 Å². The summed E-state index contributed by atoms with van der Waals surface area (Å²) in [5, 5.41) is 21.0. The third-order valence-electron chi connectivity index (χ3n) is 3.02. The highest BCUT2D eigenvalue weighted by Crippen LogP contribution is 2.23. The first-order valence-electron chi connectivity index (χ1n) is 5.40. The van der Waals surface area contributed by atoms with Crippen LogP contribution in [0.25, 0.3) is 0 Å². The largest absolute Gasteiger partial charge is 0.478 e. The molecule has 0 saturated heterocycles. The summed E-state index contributed by atoms with van der Waals surface area (Å²) in [6.45, 7) is 3.94. The van der Waals surface area contributed by atoms with E-state index in [1.54, 1.807) is 0 Å². The van der Waals surface area contributed by atoms with E-state index in [1.165, 1.54) is 0 Å². The van der Waals surface area contributed by atoms with Crippen LogP contribution in [0.2, 0.25) is 0 Å². The lowest BCUT2D eigenvalue weighted by Crippen LogP contribution is -2.41. The zero-order valence-corrected chi connectivity index (χ0v) is 8.91. The molecule has 0 spiro atoms. The third-order valence-corrected chi connectivity index (χ3v) is 3.02. The number of nitrogens with one attached hydrogen (secondary N) is 1. The number of carbonyl (C=O) groups is 1. The average molecular weight is 213 g/mol. The highest BCUT2D eigenvalue weighted by molar-refractivity contribution is 5.86. The van der Waals surface area contributed by atoms with E-state index < -0.39 is 5.97 Å². The summed E-state index contributed by atoms with van der Waals surface area (Å²) >= 11 is 0. The summed E-state index contributed by atoms with van der Waals surface area (Å²) in [5.74, 6) is -0.695. The fourth-order valence-electron chi connectivity index (χ4n) is 2.02. The van der Waals surface area contributed by atoms with Crippen LogP contribution >= 0.6 is 0 Å². The van der Waals surface area contributed by atoms with Crippen molar-refractivity contribution in [3.05, 3.63) is 12.2 Å². The van der Waals surface area contributed by atoms with Crippen molar-refractivity contribution in [2.45, 2.75) is 31.7 Å². The van der Waals surface area contributed by atoms with Gasteiger partial charge in [0.2, 0.25) is 0 Å². The molecule has 2 atom stereocenters. The third kappa shape index (κ3) is 3.64. The molecule has 0 aliphatic heterocycles. The van der Waals surface area contributed by atoms with Gasteiger partial charge in [-0.2, -0.15) is 0 Å². The van der Waals surface area contributed by atoms with Crippen LogP contribution in [0.15, 0.2) is 12.2 Å². The molecule has 0 radical (unpaired) electrons. The van der Waals surface area contributed by atoms with Crippen molar-refractivity contribution in [2.24, 2.45) is 5.92 Å². The molecule has 2 unspecified atom stereocenters. The van der Waals surface area contributed by atoms with E-state index in [9.17, 15) is 4.79 Å². The minimum atomic E-state index is -0.959. The highest BCUT2D eigenvalue weighted by atomic mass is 16.4. The summed E-state index contributed by atoms with van der Waals surface area (Å²) in [7, 11) is 0. The van der Waals surface area contributed by atoms with E-state index in [-0.39, 0.29) is 24.1 Å². The van der Waals surface area contributed by atoms with Crippen molar-refractivity contribution in [3.63, 3.8) is 0 Å². The Balaban J connectivity index is 2.35. The first kappa shape index (κ1) is 12.2. The number of aliphatic hydroxyl groups excluding tert-OH is 1. The zero-order valence-electron chi connectivity index (χ0n) is 8.91. The molecule has 0 aromatic carbocycles. The van der Waals surface area contributed by atoms with Gasteiger partial charge in [-0.05, 0) is 18.8 Å². The van der Waals surface area contributed by atoms with Crippen LogP contribution in [0.4, 0.5) is 0 Å². The molecule has 1 aliphatic rings. The topological polar surface area (TPSA) is 69.6 Å². The fourth-order valence-corrected chi connectivity index (χ4v) is 2.02. The van der Waals surface area contributed by atoms with Crippen LogP contribution in [0.1, 0.15) is 25.7 Å². The summed E-state index contributed by atoms with van der Waals surface area (Å²) < 4.78 is 0. The Kier molecular flexibility index (Phi) is 4.78. The minimum absolute atomic E-state index is 0.178. The number of carboxylic acid groups (broad SMARTS) is 1. The van der Waals surface area contributed by atoms with Gasteiger partial charge in [-0.25, -0.2) is 4.79 Å². The lowest BCUT2D eigenvalue weighted by Gasteiger charge is -2.31. The maximum Gasteiger partial charge on any atom is 0.332 e. The van der Waals surface area contributed by atoms with Crippen LogP contribution < -0.4 is 5.32 Å². The molecule has 1 fully saturated rings. The molecule has 86 valence electrons. The number of aliphatic hydroxyl groups is 1. The zero-order chi connectivity index (χ0) is 11.3. The SMILES string of the molecule is C=C(CNC1CCCCC1CO)C(=O)O. The fraction of sp³-hybridized carbons (Fsp3) is 0.727. The number of carboxylic acids is 1. The molecular formula is C11H19NO3. The Morgan fingerprint density at radius 3 is 2.67 bits per heavy atom. The number of hydrogen-bond donors (Lipinski definition) is 3. The van der Waals surface area contributed by atoms with Gasteiger partial charge in [0.25, 0.3) is 0 Å². The van der Waals surface area contributed by atoms with Crippen LogP contribution in [-0.4, -0.2) is 35.4 Å². The van der Waals surface area contributed by atoms with Crippen LogP contribution in [0.3, 0.4) is 0 Å². The Hall–Kier alpha value is -0.870. The highest BCUT2D eigenvalue weighted by Gasteiger charge is 2.24. The molecule has 4 nitrogen and oxygen atoms in total. The van der Waals surface area contributed by atoms with Crippen LogP contribution in [-0.2, 0) is 4.79 Å². The van der Waals surface area contributed by atoms with Gasteiger partial charge < -0.3 is 15.5 Å². The van der Waals surface area contributed by atoms with Crippen molar-refractivity contribution >= 4 is 5.97 Å². The predicted molar refractivity (Wildman–Crippen MR) is 57.6 cm³/mol. The maximum absolute atomic E-state index is 10.5. The molecule has 0 amide bonds. The monoisotopic (exact) mass is 213 g/mol. The minimum Gasteiger partial charge on any atom is -0.478 e. The van der Waals surface area contributed by atoms with E-state index in [0.717, 1.165) is 25.7 Å². The summed E-state index contributed by atoms with van der Waals surface area (Å²) in [4.78, 5) is 10.5. The molecule has 15 heavy (non-hydrogen) atoms. The molecule has 0 aromatic heterocycles. The molecular weight excluding hydrogens is 194 g/mol. The molecule has 1 saturated carbocycles. The van der Waals surface area contributed by atoms with Crippen molar-refractivity contribution < 1.29 is 15.0 Å². The summed E-state index contributed by atoms with van der Waals surface area (Å²) in [6, 6.07) is 0.236. The van der Waals surface area contributed by atoms with Gasteiger partial charge in [0.15, 0.2) is 0 Å². The smallest absolute Gasteiger partial charge is 0.332 e. The standard InChI is InChI=1S/C11H19NO3/c1-8(11(14)15)6-12-10-5-3-2-4-9(10)7-13/h9-10,12-13H,1-7H2,(H,14,15). The van der Waals surface area contributed by atoms with Gasteiger partial charge >= 0.3 is 5.97 Å². The Morgan fingerprint density at radius 1 is 1.40 bits per heavy atom. The second kappa shape index (κ2) is 5.88. The number of aliphatic carboxylic acids is 1. The van der Waals surface area contributed by atoms with E-state index >= 15 is 0 Å². The lowest BCUT2D eigenvalue weighted by atomic mass is 9.85. The normalized spacial score (nSPS) is 26.2. The second-order valence-electron chi connectivity index (χ2n) is 4.12. The van der Waals surface area contributed by atoms with E-state index in [4.69, 9.17) is 10.2 Å². The van der Waals surface area contributed by atoms with Gasteiger partial charge in [-0.1, -0.05) is 19.4 Å². The van der Waals surface area contributed by atoms with Crippen molar-refractivity contribution in [2.75, 3.05) is 13.2 Å². The van der Waals surface area contributed by atoms with Crippen molar-refractivity contribution in [1.29, 1.82) is 0 Å². The Bertz CT molecular complexity index is 240. The molecule has 1 aliphatic carbocycles. The summed E-state index contributed by atoms with van der Waals surface area (Å²) in [5.41, 5.74) is 0.178. The molecule has 4 heteroatoms. The average Bonchev–Trinajstić information content (AvgIpc) is 2.26.